The summed E-state index contributed by atoms with van der Waals surface area (Å²) in [5, 5.41) is 4.83. The van der Waals surface area contributed by atoms with Crippen LogP contribution in [0, 0.1) is 11.7 Å². The van der Waals surface area contributed by atoms with Crippen LogP contribution >= 0.6 is 0 Å². The number of piperidine rings is 1. The topological polar surface area (TPSA) is 78.5 Å². The van der Waals surface area contributed by atoms with Crippen LogP contribution in [-0.2, 0) is 9.59 Å². The first-order valence-electron chi connectivity index (χ1n) is 7.56. The number of carbonyl (C=O) groups excluding carboxylic acids is 3. The second-order valence-electron chi connectivity index (χ2n) is 5.50. The van der Waals surface area contributed by atoms with Crippen LogP contribution in [0.2, 0.25) is 0 Å². The van der Waals surface area contributed by atoms with E-state index in [9.17, 15) is 18.8 Å². The SMILES string of the molecule is CNC(=O)C(=O)NCC1CCN(C(=O)c2ccccc2F)CC1. The summed E-state index contributed by atoms with van der Waals surface area (Å²) in [7, 11) is 1.40. The van der Waals surface area contributed by atoms with Gasteiger partial charge in [0.25, 0.3) is 5.91 Å². The van der Waals surface area contributed by atoms with Crippen molar-refractivity contribution >= 4 is 17.7 Å². The Morgan fingerprint density at radius 3 is 2.43 bits per heavy atom. The summed E-state index contributed by atoms with van der Waals surface area (Å²) in [4.78, 5) is 36.4. The van der Waals surface area contributed by atoms with Crippen LogP contribution in [0.3, 0.4) is 0 Å². The summed E-state index contributed by atoms with van der Waals surface area (Å²) in [6.07, 6.45) is 1.41. The molecule has 0 radical (unpaired) electrons. The van der Waals surface area contributed by atoms with Gasteiger partial charge in [-0.3, -0.25) is 14.4 Å². The third-order valence-electron chi connectivity index (χ3n) is 3.99. The molecule has 0 bridgehead atoms. The third-order valence-corrected chi connectivity index (χ3v) is 3.99. The Kier molecular flexibility index (Phi) is 5.67. The van der Waals surface area contributed by atoms with Crippen molar-refractivity contribution in [2.24, 2.45) is 5.92 Å². The van der Waals surface area contributed by atoms with Crippen molar-refractivity contribution in [1.82, 2.24) is 15.5 Å². The summed E-state index contributed by atoms with van der Waals surface area (Å²) in [6, 6.07) is 5.94. The molecule has 1 heterocycles. The molecule has 7 heteroatoms. The number of likely N-dealkylation sites (tertiary alicyclic amines) is 1. The molecular weight excluding hydrogens is 301 g/mol. The molecule has 1 aliphatic heterocycles. The van der Waals surface area contributed by atoms with E-state index >= 15 is 0 Å². The van der Waals surface area contributed by atoms with E-state index in [0.717, 1.165) is 0 Å². The van der Waals surface area contributed by atoms with Gasteiger partial charge in [-0.2, -0.15) is 0 Å². The first-order valence-corrected chi connectivity index (χ1v) is 7.56. The Hall–Kier alpha value is -2.44. The normalized spacial score (nSPS) is 15.1. The van der Waals surface area contributed by atoms with Crippen molar-refractivity contribution in [3.05, 3.63) is 35.6 Å². The van der Waals surface area contributed by atoms with E-state index in [1.54, 1.807) is 17.0 Å². The Morgan fingerprint density at radius 2 is 1.83 bits per heavy atom. The monoisotopic (exact) mass is 321 g/mol. The lowest BCUT2D eigenvalue weighted by molar-refractivity contribution is -0.139. The van der Waals surface area contributed by atoms with Gasteiger partial charge in [0.15, 0.2) is 0 Å². The zero-order chi connectivity index (χ0) is 16.8. The second kappa shape index (κ2) is 7.71. The van der Waals surface area contributed by atoms with Gasteiger partial charge in [-0.25, -0.2) is 4.39 Å². The highest BCUT2D eigenvalue weighted by atomic mass is 19.1. The summed E-state index contributed by atoms with van der Waals surface area (Å²) in [5.74, 6) is -1.95. The Bertz CT molecular complexity index is 598. The highest BCUT2D eigenvalue weighted by Gasteiger charge is 2.25. The van der Waals surface area contributed by atoms with Gasteiger partial charge in [-0.15, -0.1) is 0 Å². The maximum atomic E-state index is 13.7. The Labute approximate surface area is 134 Å². The van der Waals surface area contributed by atoms with E-state index in [4.69, 9.17) is 0 Å². The van der Waals surface area contributed by atoms with Crippen LogP contribution < -0.4 is 10.6 Å². The summed E-state index contributed by atoms with van der Waals surface area (Å²) < 4.78 is 13.7. The van der Waals surface area contributed by atoms with E-state index in [-0.39, 0.29) is 17.4 Å². The van der Waals surface area contributed by atoms with Crippen molar-refractivity contribution in [3.8, 4) is 0 Å². The number of benzene rings is 1. The molecule has 1 aromatic rings. The number of likely N-dealkylation sites (N-methyl/N-ethyl adjacent to an activating group) is 1. The second-order valence-corrected chi connectivity index (χ2v) is 5.50. The highest BCUT2D eigenvalue weighted by molar-refractivity contribution is 6.35. The quantitative estimate of drug-likeness (QED) is 0.798. The van der Waals surface area contributed by atoms with E-state index in [2.05, 4.69) is 10.6 Å². The van der Waals surface area contributed by atoms with Gasteiger partial charge in [-0.05, 0) is 30.9 Å². The molecule has 0 atom stereocenters. The number of carbonyl (C=O) groups is 3. The molecule has 6 nitrogen and oxygen atoms in total. The fourth-order valence-electron chi connectivity index (χ4n) is 2.58. The lowest BCUT2D eigenvalue weighted by Gasteiger charge is -2.32. The van der Waals surface area contributed by atoms with Crippen molar-refractivity contribution in [2.75, 3.05) is 26.7 Å². The molecule has 0 spiro atoms. The number of rotatable bonds is 3. The van der Waals surface area contributed by atoms with Crippen LogP contribution in [0.4, 0.5) is 4.39 Å². The van der Waals surface area contributed by atoms with Crippen LogP contribution in [0.15, 0.2) is 24.3 Å². The molecular formula is C16H20FN3O3. The zero-order valence-corrected chi connectivity index (χ0v) is 13.0. The summed E-state index contributed by atoms with van der Waals surface area (Å²) in [6.45, 7) is 1.41. The van der Waals surface area contributed by atoms with Crippen molar-refractivity contribution < 1.29 is 18.8 Å². The first-order chi connectivity index (χ1) is 11.0. The Morgan fingerprint density at radius 1 is 1.17 bits per heavy atom. The molecule has 1 fully saturated rings. The van der Waals surface area contributed by atoms with Gasteiger partial charge < -0.3 is 15.5 Å². The molecule has 2 N–H and O–H groups in total. The maximum Gasteiger partial charge on any atom is 0.309 e. The van der Waals surface area contributed by atoms with E-state index in [1.807, 2.05) is 0 Å². The van der Waals surface area contributed by atoms with E-state index in [1.165, 1.54) is 19.2 Å². The molecule has 0 aromatic heterocycles. The molecule has 1 saturated heterocycles. The lowest BCUT2D eigenvalue weighted by atomic mass is 9.96. The largest absolute Gasteiger partial charge is 0.351 e. The average molecular weight is 321 g/mol. The lowest BCUT2D eigenvalue weighted by Crippen LogP contribution is -2.44. The number of nitrogens with zero attached hydrogens (tertiary/aromatic N) is 1. The number of hydrogen-bond acceptors (Lipinski definition) is 3. The molecule has 124 valence electrons. The first kappa shape index (κ1) is 16.9. The van der Waals surface area contributed by atoms with Gasteiger partial charge in [0.1, 0.15) is 5.82 Å². The van der Waals surface area contributed by atoms with Gasteiger partial charge >= 0.3 is 11.8 Å². The van der Waals surface area contributed by atoms with Crippen molar-refractivity contribution in [3.63, 3.8) is 0 Å². The highest BCUT2D eigenvalue weighted by Crippen LogP contribution is 2.19. The molecule has 23 heavy (non-hydrogen) atoms. The predicted octanol–water partition coefficient (Wildman–Crippen LogP) is 0.540. The van der Waals surface area contributed by atoms with Gasteiger partial charge in [0.05, 0.1) is 5.56 Å². The molecule has 2 rings (SSSR count). The van der Waals surface area contributed by atoms with Crippen molar-refractivity contribution in [1.29, 1.82) is 0 Å². The zero-order valence-electron chi connectivity index (χ0n) is 13.0. The standard InChI is InChI=1S/C16H20FN3O3/c1-18-14(21)15(22)19-10-11-6-8-20(9-7-11)16(23)12-4-2-3-5-13(12)17/h2-5,11H,6-10H2,1H3,(H,18,21)(H,19,22). The minimum absolute atomic E-state index is 0.0823. The molecule has 0 saturated carbocycles. The van der Waals surface area contributed by atoms with Crippen LogP contribution in [0.1, 0.15) is 23.2 Å². The van der Waals surface area contributed by atoms with E-state index < -0.39 is 17.6 Å². The maximum absolute atomic E-state index is 13.7. The van der Waals surface area contributed by atoms with Crippen molar-refractivity contribution in [2.45, 2.75) is 12.8 Å². The van der Waals surface area contributed by atoms with Gasteiger partial charge in [0.2, 0.25) is 0 Å². The fourth-order valence-corrected chi connectivity index (χ4v) is 2.58. The van der Waals surface area contributed by atoms with Crippen LogP contribution in [0.5, 0.6) is 0 Å². The molecule has 0 aliphatic carbocycles. The fraction of sp³-hybridized carbons (Fsp3) is 0.438. The molecule has 0 unspecified atom stereocenters. The van der Waals surface area contributed by atoms with E-state index in [0.29, 0.717) is 32.5 Å². The Balaban J connectivity index is 1.82. The number of halogens is 1. The number of amides is 3. The average Bonchev–Trinajstić information content (AvgIpc) is 2.59. The minimum atomic E-state index is -0.669. The molecule has 1 aromatic carbocycles. The van der Waals surface area contributed by atoms with Crippen LogP contribution in [0.25, 0.3) is 0 Å². The molecule has 1 aliphatic rings. The molecule has 3 amide bonds. The minimum Gasteiger partial charge on any atom is -0.351 e. The van der Waals surface area contributed by atoms with Gasteiger partial charge in [-0.1, -0.05) is 12.1 Å². The van der Waals surface area contributed by atoms with Crippen LogP contribution in [-0.4, -0.2) is 49.3 Å². The van der Waals surface area contributed by atoms with Gasteiger partial charge in [0, 0.05) is 26.7 Å². The summed E-state index contributed by atoms with van der Waals surface area (Å²) in [5.41, 5.74) is 0.0823. The smallest absolute Gasteiger partial charge is 0.309 e. The number of hydrogen-bond donors (Lipinski definition) is 2. The summed E-state index contributed by atoms with van der Waals surface area (Å²) >= 11 is 0. The number of nitrogens with one attached hydrogen (secondary N) is 2. The predicted molar refractivity (Wildman–Crippen MR) is 82.1 cm³/mol. The third kappa shape index (κ3) is 4.28.